The minimum absolute atomic E-state index is 0.0477. The van der Waals surface area contributed by atoms with Crippen LogP contribution in [0.3, 0.4) is 0 Å². The van der Waals surface area contributed by atoms with Crippen molar-refractivity contribution in [2.45, 2.75) is 32.6 Å². The topological polar surface area (TPSA) is 42.5 Å². The molecule has 6 heteroatoms. The highest BCUT2D eigenvalue weighted by atomic mass is 19.1. The lowest BCUT2D eigenvalue weighted by Gasteiger charge is -2.32. The first-order valence-corrected chi connectivity index (χ1v) is 10.0. The van der Waals surface area contributed by atoms with Gasteiger partial charge in [0.2, 0.25) is 11.6 Å². The molecule has 0 atom stereocenters. The lowest BCUT2D eigenvalue weighted by atomic mass is 9.99. The second-order valence-electron chi connectivity index (χ2n) is 7.99. The largest absolute Gasteiger partial charge is 0.342 e. The van der Waals surface area contributed by atoms with Gasteiger partial charge in [-0.05, 0) is 37.7 Å². The quantitative estimate of drug-likeness (QED) is 0.572. The maximum atomic E-state index is 14.3. The number of anilines is 1. The molecule has 0 radical (unpaired) electrons. The fourth-order valence-corrected chi connectivity index (χ4v) is 3.55. The molecule has 1 aromatic heterocycles. The Hall–Kier alpha value is -3.12. The second kappa shape index (κ2) is 7.72. The Bertz CT molecular complexity index is 1110. The van der Waals surface area contributed by atoms with Crippen LogP contribution in [-0.4, -0.2) is 22.6 Å². The van der Waals surface area contributed by atoms with Gasteiger partial charge in [-0.25, -0.2) is 14.2 Å². The molecule has 0 unspecified atom stereocenters. The summed E-state index contributed by atoms with van der Waals surface area (Å²) in [5, 5.41) is 0. The van der Waals surface area contributed by atoms with Crippen LogP contribution in [0.1, 0.15) is 38.2 Å². The first kappa shape index (κ1) is 19.2. The summed E-state index contributed by atoms with van der Waals surface area (Å²) < 4.78 is 15.9. The number of rotatable bonds is 2. The third kappa shape index (κ3) is 3.89. The molecule has 29 heavy (non-hydrogen) atoms. The fourth-order valence-electron chi connectivity index (χ4n) is 3.55. The minimum atomic E-state index is -0.616. The fraction of sp³-hybridized carbons (Fsp3) is 0.435. The van der Waals surface area contributed by atoms with Gasteiger partial charge >= 0.3 is 0 Å². The van der Waals surface area contributed by atoms with Gasteiger partial charge in [-0.1, -0.05) is 30.9 Å². The van der Waals surface area contributed by atoms with Crippen LogP contribution >= 0.6 is 0 Å². The van der Waals surface area contributed by atoms with Gasteiger partial charge in [0.1, 0.15) is 11.4 Å². The van der Waals surface area contributed by atoms with Crippen molar-refractivity contribution in [1.82, 2.24) is 9.55 Å². The highest BCUT2D eigenvalue weighted by Crippen LogP contribution is 2.30. The Balaban J connectivity index is 1.86. The molecule has 2 heterocycles. The van der Waals surface area contributed by atoms with Crippen molar-refractivity contribution in [3.63, 3.8) is 0 Å². The van der Waals surface area contributed by atoms with Gasteiger partial charge in [0.25, 0.3) is 5.56 Å². The van der Waals surface area contributed by atoms with Gasteiger partial charge < -0.3 is 4.90 Å². The number of halogens is 1. The molecule has 0 amide bonds. The molecule has 2 aromatic rings. The maximum Gasteiger partial charge on any atom is 0.271 e. The molecular weight excluding hydrogens is 367 g/mol. The van der Waals surface area contributed by atoms with Crippen molar-refractivity contribution in [3.8, 4) is 23.1 Å². The van der Waals surface area contributed by atoms with Crippen LogP contribution in [0.15, 0.2) is 23.0 Å². The predicted octanol–water partition coefficient (Wildman–Crippen LogP) is 4.13. The number of hydrogen-bond donors (Lipinski definition) is 0. The van der Waals surface area contributed by atoms with E-state index in [0.29, 0.717) is 34.6 Å². The summed E-state index contributed by atoms with van der Waals surface area (Å²) in [6.45, 7) is 10.9. The van der Waals surface area contributed by atoms with E-state index in [-0.39, 0.29) is 11.2 Å². The maximum absolute atomic E-state index is 14.3. The molecule has 0 bridgehead atoms. The Morgan fingerprint density at radius 3 is 2.59 bits per heavy atom. The molecule has 4 rings (SSSR count). The average molecular weight is 390 g/mol. The van der Waals surface area contributed by atoms with Crippen LogP contribution in [0.25, 0.3) is 16.1 Å². The molecule has 0 N–H and O–H groups in total. The van der Waals surface area contributed by atoms with Gasteiger partial charge in [-0.3, -0.25) is 9.36 Å². The average Bonchev–Trinajstić information content (AvgIpc) is 3.54. The van der Waals surface area contributed by atoms with Crippen LogP contribution in [0, 0.1) is 36.1 Å². The van der Waals surface area contributed by atoms with Gasteiger partial charge in [-0.2, -0.15) is 0 Å². The normalized spacial score (nSPS) is 16.8. The van der Waals surface area contributed by atoms with Crippen LogP contribution in [0.5, 0.6) is 0 Å². The third-order valence-electron chi connectivity index (χ3n) is 5.65. The summed E-state index contributed by atoms with van der Waals surface area (Å²) in [6, 6.07) is 4.35. The van der Waals surface area contributed by atoms with E-state index >= 15 is 0 Å². The van der Waals surface area contributed by atoms with Crippen molar-refractivity contribution in [3.05, 3.63) is 51.4 Å². The Morgan fingerprint density at radius 1 is 1.24 bits per heavy atom. The monoisotopic (exact) mass is 390 g/mol. The minimum Gasteiger partial charge on any atom is -0.342 e. The highest BCUT2D eigenvalue weighted by molar-refractivity contribution is 5.70. The predicted molar refractivity (Wildman–Crippen MR) is 111 cm³/mol. The number of benzene rings is 1. The van der Waals surface area contributed by atoms with Gasteiger partial charge in [0, 0.05) is 31.6 Å². The third-order valence-corrected chi connectivity index (χ3v) is 5.65. The summed E-state index contributed by atoms with van der Waals surface area (Å²) in [4.78, 5) is 23.3. The number of piperidine rings is 1. The number of hydrogen-bond acceptors (Lipinski definition) is 3. The standard InChI is InChI=1S/C23H23FN4O/c1-15-10-12-28(13-11-15)23-26-21(17-7-9-20(25-2)19(24)14-17)18(22(29)27(23)3)8-6-16-4-5-16/h7,9,14-16H,4-5,10-13H2,1,3H3. The van der Waals surface area contributed by atoms with E-state index in [1.807, 2.05) is 0 Å². The van der Waals surface area contributed by atoms with E-state index in [2.05, 4.69) is 28.5 Å². The van der Waals surface area contributed by atoms with Gasteiger partial charge in [-0.15, -0.1) is 0 Å². The summed E-state index contributed by atoms with van der Waals surface area (Å²) in [6.07, 6.45) is 4.19. The van der Waals surface area contributed by atoms with E-state index in [4.69, 9.17) is 11.6 Å². The van der Waals surface area contributed by atoms with Crippen molar-refractivity contribution in [2.75, 3.05) is 18.0 Å². The molecular formula is C23H23FN4O. The second-order valence-corrected chi connectivity index (χ2v) is 7.99. The van der Waals surface area contributed by atoms with E-state index in [0.717, 1.165) is 38.8 Å². The van der Waals surface area contributed by atoms with Crippen LogP contribution in [0.4, 0.5) is 16.0 Å². The van der Waals surface area contributed by atoms with Crippen molar-refractivity contribution in [1.29, 1.82) is 0 Å². The Kier molecular flexibility index (Phi) is 5.11. The molecule has 5 nitrogen and oxygen atoms in total. The van der Waals surface area contributed by atoms with Crippen LogP contribution in [0.2, 0.25) is 0 Å². The molecule has 2 fully saturated rings. The van der Waals surface area contributed by atoms with E-state index < -0.39 is 5.82 Å². The lowest BCUT2D eigenvalue weighted by molar-refractivity contribution is 0.431. The zero-order valence-corrected chi connectivity index (χ0v) is 16.7. The smallest absolute Gasteiger partial charge is 0.271 e. The SMILES string of the molecule is [C-]#[N+]c1ccc(-c2nc(N3CCC(C)CC3)n(C)c(=O)c2C#CC2CC2)cc1F. The molecule has 1 aliphatic carbocycles. The zero-order valence-electron chi connectivity index (χ0n) is 16.7. The molecule has 1 saturated heterocycles. The van der Waals surface area contributed by atoms with E-state index in [9.17, 15) is 9.18 Å². The van der Waals surface area contributed by atoms with E-state index in [1.54, 1.807) is 17.7 Å². The van der Waals surface area contributed by atoms with Gasteiger partial charge in [0.15, 0.2) is 0 Å². The van der Waals surface area contributed by atoms with Crippen molar-refractivity contribution >= 4 is 11.6 Å². The first-order chi connectivity index (χ1) is 14.0. The number of aromatic nitrogens is 2. The molecule has 1 saturated carbocycles. The lowest BCUT2D eigenvalue weighted by Crippen LogP contribution is -2.38. The first-order valence-electron chi connectivity index (χ1n) is 10.0. The Labute approximate surface area is 170 Å². The van der Waals surface area contributed by atoms with Crippen molar-refractivity contribution < 1.29 is 4.39 Å². The summed E-state index contributed by atoms with van der Waals surface area (Å²) in [5.74, 6) is 7.11. The summed E-state index contributed by atoms with van der Waals surface area (Å²) >= 11 is 0. The molecule has 2 aliphatic rings. The zero-order chi connectivity index (χ0) is 20.5. The highest BCUT2D eigenvalue weighted by Gasteiger charge is 2.24. The summed E-state index contributed by atoms with van der Waals surface area (Å²) in [5.41, 5.74) is 0.896. The molecule has 0 spiro atoms. The molecule has 1 aliphatic heterocycles. The van der Waals surface area contributed by atoms with Crippen LogP contribution < -0.4 is 10.5 Å². The Morgan fingerprint density at radius 2 is 1.97 bits per heavy atom. The van der Waals surface area contributed by atoms with Crippen molar-refractivity contribution in [2.24, 2.45) is 18.9 Å². The van der Waals surface area contributed by atoms with Crippen LogP contribution in [-0.2, 0) is 7.05 Å². The molecule has 148 valence electrons. The van der Waals surface area contributed by atoms with E-state index in [1.165, 1.54) is 12.1 Å². The summed E-state index contributed by atoms with van der Waals surface area (Å²) in [7, 11) is 1.72. The van der Waals surface area contributed by atoms with Gasteiger partial charge in [0.05, 0.1) is 12.3 Å². The number of nitrogens with zero attached hydrogens (tertiary/aromatic N) is 4. The molecule has 1 aromatic carbocycles.